The van der Waals surface area contributed by atoms with E-state index in [1.54, 1.807) is 0 Å². The van der Waals surface area contributed by atoms with E-state index in [1.807, 2.05) is 58.0 Å². The van der Waals surface area contributed by atoms with Gasteiger partial charge >= 0.3 is 0 Å². The number of thioether (sulfide) groups is 1. The monoisotopic (exact) mass is 345 g/mol. The molecular formula is C18H23N3O2S. The van der Waals surface area contributed by atoms with Gasteiger partial charge in [0.15, 0.2) is 0 Å². The first kappa shape index (κ1) is 18.3. The highest BCUT2D eigenvalue weighted by Gasteiger charge is 2.19. The van der Waals surface area contributed by atoms with E-state index < -0.39 is 0 Å². The van der Waals surface area contributed by atoms with Gasteiger partial charge in [0.05, 0.1) is 10.9 Å². The summed E-state index contributed by atoms with van der Waals surface area (Å²) in [6.45, 7) is 7.71. The van der Waals surface area contributed by atoms with E-state index in [9.17, 15) is 9.59 Å². The number of carbonyl (C=O) groups excluding carboxylic acids is 1. The van der Waals surface area contributed by atoms with Crippen LogP contribution in [0.4, 0.5) is 0 Å². The van der Waals surface area contributed by atoms with Crippen molar-refractivity contribution in [3.8, 4) is 11.4 Å². The Kier molecular flexibility index (Phi) is 5.83. The second-order valence-corrected chi connectivity index (χ2v) is 7.97. The average Bonchev–Trinajstić information content (AvgIpc) is 2.51. The highest BCUT2D eigenvalue weighted by Crippen LogP contribution is 2.19. The van der Waals surface area contributed by atoms with Crippen LogP contribution in [0, 0.1) is 0 Å². The van der Waals surface area contributed by atoms with Crippen molar-refractivity contribution in [3.05, 3.63) is 52.4 Å². The molecule has 1 aromatic carbocycles. The number of aromatic amines is 1. The van der Waals surface area contributed by atoms with Crippen LogP contribution in [0.25, 0.3) is 11.4 Å². The van der Waals surface area contributed by atoms with Crippen molar-refractivity contribution in [3.63, 3.8) is 0 Å². The molecule has 0 saturated carbocycles. The molecule has 5 nitrogen and oxygen atoms in total. The van der Waals surface area contributed by atoms with Gasteiger partial charge in [0, 0.05) is 22.9 Å². The van der Waals surface area contributed by atoms with E-state index in [4.69, 9.17) is 0 Å². The van der Waals surface area contributed by atoms with Crippen LogP contribution in [0.1, 0.15) is 33.4 Å². The van der Waals surface area contributed by atoms with Crippen LogP contribution >= 0.6 is 11.8 Å². The number of nitrogens with zero attached hydrogens (tertiary/aromatic N) is 1. The Hall–Kier alpha value is -2.08. The Balaban J connectivity index is 2.07. The van der Waals surface area contributed by atoms with Gasteiger partial charge < -0.3 is 10.3 Å². The Labute approximate surface area is 146 Å². The van der Waals surface area contributed by atoms with Crippen LogP contribution in [0.15, 0.2) is 41.2 Å². The summed E-state index contributed by atoms with van der Waals surface area (Å²) in [7, 11) is 0. The molecule has 24 heavy (non-hydrogen) atoms. The Morgan fingerprint density at radius 3 is 2.58 bits per heavy atom. The molecule has 2 aromatic rings. The van der Waals surface area contributed by atoms with Crippen LogP contribution in [0.3, 0.4) is 0 Å². The molecule has 0 radical (unpaired) electrons. The summed E-state index contributed by atoms with van der Waals surface area (Å²) in [5.41, 5.74) is 1.08. The number of hydrogen-bond donors (Lipinski definition) is 2. The zero-order valence-corrected chi connectivity index (χ0v) is 15.2. The van der Waals surface area contributed by atoms with Gasteiger partial charge in [-0.15, -0.1) is 11.8 Å². The minimum atomic E-state index is -0.255. The molecule has 128 valence electrons. The first-order valence-corrected chi connectivity index (χ1v) is 8.89. The topological polar surface area (TPSA) is 74.8 Å². The van der Waals surface area contributed by atoms with E-state index in [0.29, 0.717) is 17.3 Å². The van der Waals surface area contributed by atoms with E-state index in [-0.39, 0.29) is 22.3 Å². The first-order chi connectivity index (χ1) is 11.2. The molecule has 0 spiro atoms. The van der Waals surface area contributed by atoms with Crippen LogP contribution in [-0.4, -0.2) is 26.7 Å². The number of hydrogen-bond acceptors (Lipinski definition) is 4. The summed E-state index contributed by atoms with van der Waals surface area (Å²) in [5.74, 6) is 1.04. The lowest BCUT2D eigenvalue weighted by molar-refractivity contribution is -0.121. The number of nitrogens with one attached hydrogen (secondary N) is 2. The van der Waals surface area contributed by atoms with Gasteiger partial charge in [0.2, 0.25) is 5.91 Å². The van der Waals surface area contributed by atoms with Gasteiger partial charge in [0.25, 0.3) is 5.56 Å². The van der Waals surface area contributed by atoms with E-state index in [1.165, 1.54) is 17.8 Å². The number of amides is 1. The number of aromatic nitrogens is 2. The molecular weight excluding hydrogens is 322 g/mol. The van der Waals surface area contributed by atoms with Crippen LogP contribution < -0.4 is 10.9 Å². The third-order valence-corrected chi connectivity index (χ3v) is 4.37. The molecule has 1 aromatic heterocycles. The molecule has 1 atom stereocenters. The summed E-state index contributed by atoms with van der Waals surface area (Å²) in [5, 5.41) is 2.74. The van der Waals surface area contributed by atoms with E-state index in [0.717, 1.165) is 5.56 Å². The van der Waals surface area contributed by atoms with E-state index >= 15 is 0 Å². The average molecular weight is 345 g/mol. The SMILES string of the molecule is CC(SCc1cc(=O)[nH]c(-c2ccccc2)n1)C(=O)NC(C)(C)C. The minimum Gasteiger partial charge on any atom is -0.351 e. The summed E-state index contributed by atoms with van der Waals surface area (Å²) in [4.78, 5) is 31.2. The molecule has 0 fully saturated rings. The maximum atomic E-state index is 12.1. The molecule has 1 unspecified atom stereocenters. The summed E-state index contributed by atoms with van der Waals surface area (Å²) >= 11 is 1.46. The summed E-state index contributed by atoms with van der Waals surface area (Å²) < 4.78 is 0. The van der Waals surface area contributed by atoms with Crippen LogP contribution in [-0.2, 0) is 10.5 Å². The normalized spacial score (nSPS) is 12.7. The van der Waals surface area contributed by atoms with Gasteiger partial charge in [0.1, 0.15) is 5.82 Å². The Morgan fingerprint density at radius 2 is 1.96 bits per heavy atom. The highest BCUT2D eigenvalue weighted by atomic mass is 32.2. The van der Waals surface area contributed by atoms with Crippen LogP contribution in [0.2, 0.25) is 0 Å². The number of benzene rings is 1. The van der Waals surface area contributed by atoms with Crippen molar-refractivity contribution >= 4 is 17.7 Å². The molecule has 0 aliphatic carbocycles. The lowest BCUT2D eigenvalue weighted by Crippen LogP contribution is -2.44. The molecule has 0 aliphatic rings. The van der Waals surface area contributed by atoms with Crippen LogP contribution in [0.5, 0.6) is 0 Å². The van der Waals surface area contributed by atoms with Crippen molar-refractivity contribution < 1.29 is 4.79 Å². The minimum absolute atomic E-state index is 0.0133. The predicted octanol–water partition coefficient (Wildman–Crippen LogP) is 2.97. The van der Waals surface area contributed by atoms with Crippen molar-refractivity contribution in [2.24, 2.45) is 0 Å². The maximum absolute atomic E-state index is 12.1. The van der Waals surface area contributed by atoms with Crippen molar-refractivity contribution in [2.75, 3.05) is 0 Å². The van der Waals surface area contributed by atoms with Crippen molar-refractivity contribution in [2.45, 2.75) is 44.2 Å². The molecule has 6 heteroatoms. The lowest BCUT2D eigenvalue weighted by atomic mass is 10.1. The number of rotatable bonds is 5. The first-order valence-electron chi connectivity index (χ1n) is 7.84. The van der Waals surface area contributed by atoms with Gasteiger partial charge in [-0.05, 0) is 27.7 Å². The van der Waals surface area contributed by atoms with E-state index in [2.05, 4.69) is 15.3 Å². The highest BCUT2D eigenvalue weighted by molar-refractivity contribution is 7.99. The predicted molar refractivity (Wildman–Crippen MR) is 98.9 cm³/mol. The summed E-state index contributed by atoms with van der Waals surface area (Å²) in [6.07, 6.45) is 0. The number of H-pyrrole nitrogens is 1. The maximum Gasteiger partial charge on any atom is 0.251 e. The lowest BCUT2D eigenvalue weighted by Gasteiger charge is -2.23. The largest absolute Gasteiger partial charge is 0.351 e. The Morgan fingerprint density at radius 1 is 1.29 bits per heavy atom. The Bertz CT molecular complexity index is 751. The van der Waals surface area contributed by atoms with Gasteiger partial charge in [-0.1, -0.05) is 30.3 Å². The van der Waals surface area contributed by atoms with Gasteiger partial charge in [-0.2, -0.15) is 0 Å². The van der Waals surface area contributed by atoms with Gasteiger partial charge in [-0.3, -0.25) is 9.59 Å². The second-order valence-electron chi connectivity index (χ2n) is 6.64. The van der Waals surface area contributed by atoms with Crippen molar-refractivity contribution in [1.29, 1.82) is 0 Å². The fourth-order valence-electron chi connectivity index (χ4n) is 2.07. The third-order valence-electron chi connectivity index (χ3n) is 3.19. The second kappa shape index (κ2) is 7.66. The smallest absolute Gasteiger partial charge is 0.251 e. The summed E-state index contributed by atoms with van der Waals surface area (Å²) in [6, 6.07) is 11.0. The zero-order valence-electron chi connectivity index (χ0n) is 14.4. The molecule has 2 rings (SSSR count). The fourth-order valence-corrected chi connectivity index (χ4v) is 2.85. The van der Waals surface area contributed by atoms with Crippen molar-refractivity contribution in [1.82, 2.24) is 15.3 Å². The fraction of sp³-hybridized carbons (Fsp3) is 0.389. The molecule has 2 N–H and O–H groups in total. The standard InChI is InChI=1S/C18H23N3O2S/c1-12(17(23)21-18(2,3)4)24-11-14-10-15(22)20-16(19-14)13-8-6-5-7-9-13/h5-10,12H,11H2,1-4H3,(H,21,23)(H,19,20,22). The molecule has 0 bridgehead atoms. The quantitative estimate of drug-likeness (QED) is 0.874. The third kappa shape index (κ3) is 5.53. The molecule has 0 saturated heterocycles. The van der Waals surface area contributed by atoms with Gasteiger partial charge in [-0.25, -0.2) is 4.98 Å². The number of carbonyl (C=O) groups is 1. The molecule has 1 amide bonds. The molecule has 1 heterocycles. The molecule has 0 aliphatic heterocycles. The zero-order chi connectivity index (χ0) is 17.7.